The Bertz CT molecular complexity index is 1130. The lowest BCUT2D eigenvalue weighted by Crippen LogP contribution is -2.52. The van der Waals surface area contributed by atoms with Crippen LogP contribution in [0.3, 0.4) is 0 Å². The summed E-state index contributed by atoms with van der Waals surface area (Å²) in [5, 5.41) is 5.00. The van der Waals surface area contributed by atoms with Crippen molar-refractivity contribution < 1.29 is 4.79 Å². The van der Waals surface area contributed by atoms with Crippen molar-refractivity contribution in [2.45, 2.75) is 101 Å². The van der Waals surface area contributed by atoms with Crippen LogP contribution in [0.1, 0.15) is 87.9 Å². The van der Waals surface area contributed by atoms with Crippen LogP contribution in [0.15, 0.2) is 12.3 Å². The Morgan fingerprint density at radius 1 is 1.00 bits per heavy atom. The summed E-state index contributed by atoms with van der Waals surface area (Å²) in [7, 11) is 0. The van der Waals surface area contributed by atoms with Gasteiger partial charge in [0, 0.05) is 68.0 Å². The van der Waals surface area contributed by atoms with Gasteiger partial charge in [-0.05, 0) is 51.9 Å². The molecule has 9 heteroatoms. The molecule has 208 valence electrons. The van der Waals surface area contributed by atoms with E-state index >= 15 is 0 Å². The first-order valence-corrected chi connectivity index (χ1v) is 15.5. The number of aryl methyl sites for hydroxylation is 1. The maximum absolute atomic E-state index is 14.1. The second-order valence-electron chi connectivity index (χ2n) is 12.3. The van der Waals surface area contributed by atoms with Crippen LogP contribution in [0.4, 0.5) is 5.82 Å². The van der Waals surface area contributed by atoms with Crippen LogP contribution in [0, 0.1) is 12.8 Å². The van der Waals surface area contributed by atoms with Crippen LogP contribution < -0.4 is 10.6 Å². The van der Waals surface area contributed by atoms with Crippen molar-refractivity contribution in [2.24, 2.45) is 11.7 Å². The van der Waals surface area contributed by atoms with Crippen LogP contribution in [-0.2, 0) is 4.79 Å². The summed E-state index contributed by atoms with van der Waals surface area (Å²) in [6.45, 7) is 6.45. The van der Waals surface area contributed by atoms with E-state index in [1.165, 1.54) is 38.5 Å². The predicted molar refractivity (Wildman–Crippen MR) is 152 cm³/mol. The molecule has 0 radical (unpaired) electrons. The molecule has 2 aromatic heterocycles. The number of nitrogens with zero attached hydrogens (tertiary/aromatic N) is 6. The number of rotatable bonds is 4. The van der Waals surface area contributed by atoms with Crippen molar-refractivity contribution in [1.29, 1.82) is 0 Å². The van der Waals surface area contributed by atoms with E-state index in [1.807, 2.05) is 4.52 Å². The number of carbonyl (C=O) groups excluding carboxylic acids is 1. The molecule has 4 fully saturated rings. The third kappa shape index (κ3) is 5.41. The predicted octanol–water partition coefficient (Wildman–Crippen LogP) is 4.28. The number of piperidine rings is 2. The smallest absolute Gasteiger partial charge is 0.227 e. The van der Waals surface area contributed by atoms with Crippen molar-refractivity contribution >= 4 is 29.0 Å². The number of alkyl halides is 1. The molecule has 2 aromatic rings. The normalized spacial score (nSPS) is 30.2. The van der Waals surface area contributed by atoms with E-state index in [0.29, 0.717) is 6.04 Å². The van der Waals surface area contributed by atoms with Crippen molar-refractivity contribution in [3.8, 4) is 0 Å². The summed E-state index contributed by atoms with van der Waals surface area (Å²) >= 11 is 6.80. The lowest BCUT2D eigenvalue weighted by Gasteiger charge is -2.43. The summed E-state index contributed by atoms with van der Waals surface area (Å²) in [4.78, 5) is 26.0. The van der Waals surface area contributed by atoms with Gasteiger partial charge in [0.15, 0.2) is 5.65 Å². The maximum atomic E-state index is 14.1. The zero-order valence-electron chi connectivity index (χ0n) is 22.9. The van der Waals surface area contributed by atoms with E-state index in [1.54, 1.807) is 0 Å². The van der Waals surface area contributed by atoms with Gasteiger partial charge in [0.05, 0.1) is 17.7 Å². The second-order valence-corrected chi connectivity index (χ2v) is 12.9. The van der Waals surface area contributed by atoms with Crippen molar-refractivity contribution in [3.05, 3.63) is 23.5 Å². The molecule has 3 saturated heterocycles. The number of carbonyl (C=O) groups is 1. The Kier molecular flexibility index (Phi) is 7.83. The van der Waals surface area contributed by atoms with Crippen molar-refractivity contribution in [2.75, 3.05) is 37.6 Å². The zero-order valence-corrected chi connectivity index (χ0v) is 23.7. The second kappa shape index (κ2) is 11.3. The van der Waals surface area contributed by atoms with E-state index in [4.69, 9.17) is 27.4 Å². The van der Waals surface area contributed by atoms with Gasteiger partial charge in [-0.25, -0.2) is 9.50 Å². The fraction of sp³-hybridized carbons (Fsp3) is 0.759. The number of likely N-dealkylation sites (tertiary alicyclic amines) is 2. The zero-order chi connectivity index (χ0) is 26.2. The number of amides is 1. The SMILES string of the molecule is Cc1cn2nc([C@@H]3CCCCN3C(=O)C3CC(Cl)CN(C4CCCCCC4)C3)cc2nc1N1CC[C@H](N)C1. The molecule has 4 atom stereocenters. The summed E-state index contributed by atoms with van der Waals surface area (Å²) in [5.74, 6) is 1.24. The van der Waals surface area contributed by atoms with Gasteiger partial charge in [0.2, 0.25) is 5.91 Å². The summed E-state index contributed by atoms with van der Waals surface area (Å²) < 4.78 is 1.89. The molecule has 1 amide bonds. The Labute approximate surface area is 231 Å². The fourth-order valence-corrected chi connectivity index (χ4v) is 7.78. The highest BCUT2D eigenvalue weighted by atomic mass is 35.5. The average Bonchev–Trinajstić information content (AvgIpc) is 3.42. The Morgan fingerprint density at radius 2 is 1.79 bits per heavy atom. The minimum atomic E-state index is -0.0292. The highest BCUT2D eigenvalue weighted by Gasteiger charge is 2.39. The highest BCUT2D eigenvalue weighted by Crippen LogP contribution is 2.35. The molecule has 38 heavy (non-hydrogen) atoms. The van der Waals surface area contributed by atoms with Crippen LogP contribution in [0.2, 0.25) is 0 Å². The number of aromatic nitrogens is 3. The first-order chi connectivity index (χ1) is 18.5. The summed E-state index contributed by atoms with van der Waals surface area (Å²) in [6, 6.07) is 2.89. The molecule has 2 unspecified atom stereocenters. The topological polar surface area (TPSA) is 83.0 Å². The van der Waals surface area contributed by atoms with E-state index in [0.717, 1.165) is 87.6 Å². The van der Waals surface area contributed by atoms with Gasteiger partial charge in [-0.2, -0.15) is 5.10 Å². The van der Waals surface area contributed by atoms with Gasteiger partial charge in [0.25, 0.3) is 0 Å². The lowest BCUT2D eigenvalue weighted by atomic mass is 9.91. The van der Waals surface area contributed by atoms with Gasteiger partial charge in [-0.1, -0.05) is 25.7 Å². The van der Waals surface area contributed by atoms with E-state index in [9.17, 15) is 4.79 Å². The van der Waals surface area contributed by atoms with Crippen LogP contribution in [-0.4, -0.2) is 80.5 Å². The number of hydrogen-bond acceptors (Lipinski definition) is 6. The number of nitrogens with two attached hydrogens (primary N) is 1. The van der Waals surface area contributed by atoms with Gasteiger partial charge in [0.1, 0.15) is 5.82 Å². The van der Waals surface area contributed by atoms with Gasteiger partial charge < -0.3 is 15.5 Å². The third-order valence-electron chi connectivity index (χ3n) is 9.39. The van der Waals surface area contributed by atoms with Gasteiger partial charge in [-0.3, -0.25) is 9.69 Å². The number of hydrogen-bond donors (Lipinski definition) is 1. The standard InChI is InChI=1S/C29H44ClN7O/c1-20-16-37-27(32-28(20)34-13-11-23(31)19-34)15-25(33-37)26-10-6-7-12-36(26)29(38)21-14-22(30)18-35(17-21)24-8-4-2-3-5-9-24/h15-16,21-24,26H,2-14,17-19,31H2,1H3/t21?,22?,23-,26-/m0/s1. The molecule has 0 aromatic carbocycles. The molecule has 5 heterocycles. The van der Waals surface area contributed by atoms with Crippen molar-refractivity contribution in [1.82, 2.24) is 24.4 Å². The fourth-order valence-electron chi connectivity index (χ4n) is 7.39. The molecule has 4 aliphatic rings. The Balaban J connectivity index is 1.22. The molecule has 3 aliphatic heterocycles. The largest absolute Gasteiger partial charge is 0.355 e. The molecular formula is C29H44ClN7O. The summed E-state index contributed by atoms with van der Waals surface area (Å²) in [6.07, 6.45) is 14.7. The molecule has 0 bridgehead atoms. The number of fused-ring (bicyclic) bond motifs is 1. The monoisotopic (exact) mass is 541 g/mol. The Morgan fingerprint density at radius 3 is 2.55 bits per heavy atom. The molecular weight excluding hydrogens is 498 g/mol. The van der Waals surface area contributed by atoms with E-state index < -0.39 is 0 Å². The highest BCUT2D eigenvalue weighted by molar-refractivity contribution is 6.21. The number of halogens is 1. The number of anilines is 1. The minimum absolute atomic E-state index is 0.00366. The molecule has 8 nitrogen and oxygen atoms in total. The van der Waals surface area contributed by atoms with E-state index in [2.05, 4.69) is 33.9 Å². The first kappa shape index (κ1) is 26.3. The molecule has 1 aliphatic carbocycles. The molecule has 2 N–H and O–H groups in total. The molecule has 0 spiro atoms. The lowest BCUT2D eigenvalue weighted by molar-refractivity contribution is -0.141. The molecule has 6 rings (SSSR count). The van der Waals surface area contributed by atoms with Crippen LogP contribution in [0.25, 0.3) is 5.65 Å². The van der Waals surface area contributed by atoms with Gasteiger partial charge in [-0.15, -0.1) is 11.6 Å². The van der Waals surface area contributed by atoms with Crippen molar-refractivity contribution in [3.63, 3.8) is 0 Å². The average molecular weight is 542 g/mol. The summed E-state index contributed by atoms with van der Waals surface area (Å²) in [5.41, 5.74) is 9.07. The maximum Gasteiger partial charge on any atom is 0.227 e. The molecule has 1 saturated carbocycles. The quantitative estimate of drug-likeness (QED) is 0.459. The minimum Gasteiger partial charge on any atom is -0.355 e. The van der Waals surface area contributed by atoms with Gasteiger partial charge >= 0.3 is 0 Å². The Hall–Kier alpha value is -1.90. The van der Waals surface area contributed by atoms with Crippen LogP contribution >= 0.6 is 11.6 Å². The third-order valence-corrected chi connectivity index (χ3v) is 9.71. The van der Waals surface area contributed by atoms with Crippen LogP contribution in [0.5, 0.6) is 0 Å². The first-order valence-electron chi connectivity index (χ1n) is 15.0. The van der Waals surface area contributed by atoms with E-state index in [-0.39, 0.29) is 29.3 Å².